The van der Waals surface area contributed by atoms with Crippen molar-refractivity contribution in [1.82, 2.24) is 9.62 Å². The molecule has 1 heterocycles. The number of amides is 1. The number of halogens is 1. The van der Waals surface area contributed by atoms with Crippen molar-refractivity contribution in [3.63, 3.8) is 0 Å². The molecule has 8 heteroatoms. The number of sulfonamides is 1. The summed E-state index contributed by atoms with van der Waals surface area (Å²) in [6.45, 7) is 1.69. The van der Waals surface area contributed by atoms with Crippen LogP contribution >= 0.6 is 12.4 Å². The second kappa shape index (κ2) is 9.87. The number of rotatable bonds is 5. The molecule has 0 spiro atoms. The lowest BCUT2D eigenvalue weighted by Crippen LogP contribution is -2.38. The van der Waals surface area contributed by atoms with Crippen molar-refractivity contribution in [2.75, 3.05) is 25.5 Å². The molecule has 0 atom stereocenters. The van der Waals surface area contributed by atoms with Crippen molar-refractivity contribution in [1.29, 1.82) is 0 Å². The van der Waals surface area contributed by atoms with Crippen molar-refractivity contribution in [2.24, 2.45) is 5.92 Å². The van der Waals surface area contributed by atoms with E-state index in [-0.39, 0.29) is 35.2 Å². The van der Waals surface area contributed by atoms with Crippen LogP contribution in [0.5, 0.6) is 0 Å². The minimum Gasteiger partial charge on any atom is -0.326 e. The number of nitrogens with zero attached hydrogens (tertiary/aromatic N) is 1. The van der Waals surface area contributed by atoms with Crippen molar-refractivity contribution in [2.45, 2.75) is 55.9 Å². The number of hydrogen-bond donors (Lipinski definition) is 2. The van der Waals surface area contributed by atoms with E-state index in [1.165, 1.54) is 10.7 Å². The van der Waals surface area contributed by atoms with Crippen LogP contribution in [0.15, 0.2) is 29.2 Å². The molecule has 0 unspecified atom stereocenters. The fraction of sp³-hybridized carbons (Fsp3) is 0.632. The highest BCUT2D eigenvalue weighted by molar-refractivity contribution is 7.89. The van der Waals surface area contributed by atoms with Crippen molar-refractivity contribution in [3.8, 4) is 0 Å². The molecule has 2 aliphatic rings. The lowest BCUT2D eigenvalue weighted by atomic mass is 9.96. The van der Waals surface area contributed by atoms with E-state index in [9.17, 15) is 13.2 Å². The first-order chi connectivity index (χ1) is 12.5. The third kappa shape index (κ3) is 5.44. The first-order valence-corrected chi connectivity index (χ1v) is 11.0. The molecule has 152 valence electrons. The molecule has 2 fully saturated rings. The fourth-order valence-electron chi connectivity index (χ4n) is 3.87. The molecular formula is C19H30ClN3O3S. The summed E-state index contributed by atoms with van der Waals surface area (Å²) >= 11 is 0. The van der Waals surface area contributed by atoms with Gasteiger partial charge < -0.3 is 10.6 Å². The molecule has 1 saturated carbocycles. The third-order valence-electron chi connectivity index (χ3n) is 5.58. The molecule has 1 aliphatic carbocycles. The van der Waals surface area contributed by atoms with E-state index >= 15 is 0 Å². The lowest BCUT2D eigenvalue weighted by Gasteiger charge is -2.30. The van der Waals surface area contributed by atoms with Crippen LogP contribution in [0, 0.1) is 5.92 Å². The number of benzene rings is 1. The summed E-state index contributed by atoms with van der Waals surface area (Å²) < 4.78 is 27.5. The molecule has 1 aromatic carbocycles. The second-order valence-electron chi connectivity index (χ2n) is 7.35. The zero-order valence-electron chi connectivity index (χ0n) is 15.8. The van der Waals surface area contributed by atoms with Gasteiger partial charge in [-0.1, -0.05) is 25.3 Å². The highest BCUT2D eigenvalue weighted by Gasteiger charge is 2.29. The van der Waals surface area contributed by atoms with E-state index in [1.54, 1.807) is 31.3 Å². The van der Waals surface area contributed by atoms with E-state index in [1.807, 2.05) is 0 Å². The van der Waals surface area contributed by atoms with Gasteiger partial charge in [0.2, 0.25) is 15.9 Å². The molecule has 3 rings (SSSR count). The van der Waals surface area contributed by atoms with Gasteiger partial charge in [0.25, 0.3) is 0 Å². The number of anilines is 1. The average Bonchev–Trinajstić information content (AvgIpc) is 2.69. The van der Waals surface area contributed by atoms with Crippen molar-refractivity contribution < 1.29 is 13.2 Å². The molecule has 1 saturated heterocycles. The molecule has 0 bridgehead atoms. The number of hydrogen-bond acceptors (Lipinski definition) is 4. The third-order valence-corrected chi connectivity index (χ3v) is 7.48. The van der Waals surface area contributed by atoms with E-state index in [0.717, 1.165) is 51.6 Å². The molecule has 2 N–H and O–H groups in total. The van der Waals surface area contributed by atoms with Gasteiger partial charge in [-0.3, -0.25) is 4.79 Å². The highest BCUT2D eigenvalue weighted by atomic mass is 35.5. The summed E-state index contributed by atoms with van der Waals surface area (Å²) in [5.41, 5.74) is 0.548. The predicted molar refractivity (Wildman–Crippen MR) is 110 cm³/mol. The normalized spacial score (nSPS) is 19.5. The maximum Gasteiger partial charge on any atom is 0.243 e. The molecule has 1 aromatic rings. The Balaban J connectivity index is 0.00000261. The monoisotopic (exact) mass is 415 g/mol. The predicted octanol–water partition coefficient (Wildman–Crippen LogP) is 3.00. The zero-order valence-corrected chi connectivity index (χ0v) is 17.4. The summed E-state index contributed by atoms with van der Waals surface area (Å²) in [7, 11) is -1.88. The Morgan fingerprint density at radius 1 is 1.11 bits per heavy atom. The summed E-state index contributed by atoms with van der Waals surface area (Å²) in [4.78, 5) is 12.7. The van der Waals surface area contributed by atoms with Crippen LogP contribution in [0.4, 0.5) is 5.69 Å². The van der Waals surface area contributed by atoms with E-state index in [4.69, 9.17) is 0 Å². The van der Waals surface area contributed by atoms with Gasteiger partial charge in [-0.15, -0.1) is 12.4 Å². The molecular weight excluding hydrogens is 386 g/mol. The SMILES string of the molecule is CN(C1CCCCC1)S(=O)(=O)c1cccc(NC(=O)C2CCNCC2)c1.Cl. The van der Waals surface area contributed by atoms with E-state index in [0.29, 0.717) is 5.69 Å². The summed E-state index contributed by atoms with van der Waals surface area (Å²) in [6.07, 6.45) is 6.81. The molecule has 6 nitrogen and oxygen atoms in total. The van der Waals surface area contributed by atoms with Gasteiger partial charge in [-0.2, -0.15) is 4.31 Å². The standard InChI is InChI=1S/C19H29N3O3S.ClH/c1-22(17-7-3-2-4-8-17)26(24,25)18-9-5-6-16(14-18)21-19(23)15-10-12-20-13-11-15;/h5-6,9,14-15,17,20H,2-4,7-8,10-13H2,1H3,(H,21,23);1H. The maximum atomic E-state index is 13.0. The van der Waals surface area contributed by atoms with Crippen LogP contribution < -0.4 is 10.6 Å². The van der Waals surface area contributed by atoms with Crippen LogP contribution in [0.1, 0.15) is 44.9 Å². The van der Waals surface area contributed by atoms with Gasteiger partial charge in [0.05, 0.1) is 4.90 Å². The van der Waals surface area contributed by atoms with E-state index < -0.39 is 10.0 Å². The van der Waals surface area contributed by atoms with Gasteiger partial charge in [0, 0.05) is 24.7 Å². The molecule has 27 heavy (non-hydrogen) atoms. The Kier molecular flexibility index (Phi) is 8.09. The highest BCUT2D eigenvalue weighted by Crippen LogP contribution is 2.27. The summed E-state index contributed by atoms with van der Waals surface area (Å²) in [6, 6.07) is 6.70. The Hall–Kier alpha value is -1.15. The van der Waals surface area contributed by atoms with Crippen LogP contribution in [0.3, 0.4) is 0 Å². The van der Waals surface area contributed by atoms with Crippen molar-refractivity contribution >= 4 is 34.0 Å². The number of piperidine rings is 1. The number of carbonyl (C=O) groups excluding carboxylic acids is 1. The van der Waals surface area contributed by atoms with Gasteiger partial charge in [-0.25, -0.2) is 8.42 Å². The quantitative estimate of drug-likeness (QED) is 0.774. The van der Waals surface area contributed by atoms with Gasteiger partial charge >= 0.3 is 0 Å². The fourth-order valence-corrected chi connectivity index (χ4v) is 5.33. The Morgan fingerprint density at radius 2 is 1.78 bits per heavy atom. The molecule has 1 aliphatic heterocycles. The number of nitrogens with one attached hydrogen (secondary N) is 2. The van der Waals surface area contributed by atoms with Gasteiger partial charge in [0.15, 0.2) is 0 Å². The molecule has 1 amide bonds. The maximum absolute atomic E-state index is 13.0. The summed E-state index contributed by atoms with van der Waals surface area (Å²) in [5.74, 6) is -0.0388. The Bertz CT molecular complexity index is 729. The van der Waals surface area contributed by atoms with Crippen LogP contribution in [0.2, 0.25) is 0 Å². The smallest absolute Gasteiger partial charge is 0.243 e. The van der Waals surface area contributed by atoms with Crippen LogP contribution in [-0.4, -0.2) is 44.8 Å². The van der Waals surface area contributed by atoms with E-state index in [2.05, 4.69) is 10.6 Å². The Morgan fingerprint density at radius 3 is 2.44 bits per heavy atom. The van der Waals surface area contributed by atoms with Gasteiger partial charge in [0.1, 0.15) is 0 Å². The number of carbonyl (C=O) groups is 1. The van der Waals surface area contributed by atoms with Crippen LogP contribution in [-0.2, 0) is 14.8 Å². The zero-order chi connectivity index (χ0) is 18.6. The first kappa shape index (κ1) is 22.1. The largest absolute Gasteiger partial charge is 0.326 e. The second-order valence-corrected chi connectivity index (χ2v) is 9.35. The van der Waals surface area contributed by atoms with Crippen LogP contribution in [0.25, 0.3) is 0 Å². The molecule has 0 radical (unpaired) electrons. The first-order valence-electron chi connectivity index (χ1n) is 9.58. The minimum atomic E-state index is -3.55. The minimum absolute atomic E-state index is 0. The van der Waals surface area contributed by atoms with Crippen molar-refractivity contribution in [3.05, 3.63) is 24.3 Å². The van der Waals surface area contributed by atoms with Gasteiger partial charge in [-0.05, 0) is 57.0 Å². The Labute approximate surface area is 168 Å². The topological polar surface area (TPSA) is 78.5 Å². The molecule has 0 aromatic heterocycles. The lowest BCUT2D eigenvalue weighted by molar-refractivity contribution is -0.120. The average molecular weight is 416 g/mol. The summed E-state index contributed by atoms with van der Waals surface area (Å²) in [5, 5.41) is 6.13.